The van der Waals surface area contributed by atoms with Gasteiger partial charge in [0.05, 0.1) is 28.8 Å². The van der Waals surface area contributed by atoms with E-state index in [-0.39, 0.29) is 5.91 Å². The molecule has 1 aromatic carbocycles. The fraction of sp³-hybridized carbons (Fsp3) is 0.143. The van der Waals surface area contributed by atoms with Crippen LogP contribution in [0.25, 0.3) is 0 Å². The summed E-state index contributed by atoms with van der Waals surface area (Å²) in [7, 11) is 1.75. The summed E-state index contributed by atoms with van der Waals surface area (Å²) in [5, 5.41) is 0.406. The first-order chi connectivity index (χ1) is 9.63. The van der Waals surface area contributed by atoms with E-state index in [2.05, 4.69) is 4.98 Å². The highest BCUT2D eigenvalue weighted by molar-refractivity contribution is 8.00. The number of amides is 1. The number of pyridine rings is 1. The van der Waals surface area contributed by atoms with E-state index >= 15 is 0 Å². The van der Waals surface area contributed by atoms with E-state index in [1.165, 1.54) is 11.9 Å². The van der Waals surface area contributed by atoms with E-state index in [1.54, 1.807) is 24.2 Å². The first kappa shape index (κ1) is 13.3. The van der Waals surface area contributed by atoms with Crippen LogP contribution in [0.4, 0.5) is 17.1 Å². The highest BCUT2D eigenvalue weighted by Crippen LogP contribution is 2.43. The van der Waals surface area contributed by atoms with E-state index in [0.29, 0.717) is 10.7 Å². The molecule has 4 nitrogen and oxygen atoms in total. The first-order valence-corrected chi connectivity index (χ1v) is 7.56. The van der Waals surface area contributed by atoms with Crippen molar-refractivity contribution in [3.8, 4) is 0 Å². The van der Waals surface area contributed by atoms with Gasteiger partial charge in [0.15, 0.2) is 0 Å². The van der Waals surface area contributed by atoms with Crippen molar-refractivity contribution in [3.05, 3.63) is 47.2 Å². The van der Waals surface area contributed by atoms with E-state index in [0.717, 1.165) is 17.1 Å². The Balaban J connectivity index is 2.32. The largest absolute Gasteiger partial charge is 0.308 e. The van der Waals surface area contributed by atoms with Crippen molar-refractivity contribution in [1.82, 2.24) is 4.98 Å². The predicted octanol–water partition coefficient (Wildman–Crippen LogP) is 3.74. The lowest BCUT2D eigenvalue weighted by Gasteiger charge is -2.23. The van der Waals surface area contributed by atoms with Crippen molar-refractivity contribution in [2.75, 3.05) is 22.5 Å². The third-order valence-corrected chi connectivity index (χ3v) is 4.21. The summed E-state index contributed by atoms with van der Waals surface area (Å²) < 4.78 is 2.00. The molecular weight excluding hydrogens is 294 g/mol. The maximum atomic E-state index is 12.6. The van der Waals surface area contributed by atoms with Crippen molar-refractivity contribution < 1.29 is 4.79 Å². The zero-order chi connectivity index (χ0) is 14.3. The van der Waals surface area contributed by atoms with Gasteiger partial charge in [-0.2, -0.15) is 0 Å². The zero-order valence-electron chi connectivity index (χ0n) is 11.0. The van der Waals surface area contributed by atoms with Gasteiger partial charge in [0.2, 0.25) is 0 Å². The van der Waals surface area contributed by atoms with E-state index in [1.807, 2.05) is 34.8 Å². The van der Waals surface area contributed by atoms with Crippen LogP contribution in [0.3, 0.4) is 0 Å². The molecule has 0 bridgehead atoms. The molecule has 0 saturated heterocycles. The molecule has 3 rings (SSSR count). The number of fused-ring (bicyclic) bond motifs is 2. The monoisotopic (exact) mass is 305 g/mol. The molecule has 0 aliphatic carbocycles. The van der Waals surface area contributed by atoms with Crippen LogP contribution in [0, 0.1) is 0 Å². The number of benzene rings is 1. The number of hydrogen-bond donors (Lipinski definition) is 0. The maximum Gasteiger partial charge on any atom is 0.260 e. The van der Waals surface area contributed by atoms with Crippen molar-refractivity contribution >= 4 is 46.5 Å². The SMILES string of the molecule is CSN1c2ccccc2C(=O)N(C)c2cnc(Cl)cc21. The first-order valence-electron chi connectivity index (χ1n) is 6.00. The van der Waals surface area contributed by atoms with E-state index < -0.39 is 0 Å². The molecule has 6 heteroatoms. The summed E-state index contributed by atoms with van der Waals surface area (Å²) in [5.74, 6) is -0.0532. The number of rotatable bonds is 1. The van der Waals surface area contributed by atoms with Crippen LogP contribution < -0.4 is 9.21 Å². The second-order valence-corrected chi connectivity index (χ2v) is 5.47. The second kappa shape index (κ2) is 5.00. The lowest BCUT2D eigenvalue weighted by atomic mass is 10.1. The molecule has 1 aliphatic heterocycles. The van der Waals surface area contributed by atoms with Gasteiger partial charge in [-0.05, 0) is 24.1 Å². The maximum absolute atomic E-state index is 12.6. The highest BCUT2D eigenvalue weighted by atomic mass is 35.5. The smallest absolute Gasteiger partial charge is 0.260 e. The molecule has 2 heterocycles. The number of para-hydroxylation sites is 1. The Bertz CT molecular complexity index is 692. The molecule has 0 spiro atoms. The summed E-state index contributed by atoms with van der Waals surface area (Å²) in [4.78, 5) is 18.3. The minimum Gasteiger partial charge on any atom is -0.308 e. The van der Waals surface area contributed by atoms with Crippen molar-refractivity contribution in [2.24, 2.45) is 0 Å². The van der Waals surface area contributed by atoms with Crippen LogP contribution in [0.15, 0.2) is 36.5 Å². The fourth-order valence-electron chi connectivity index (χ4n) is 2.28. The number of halogens is 1. The van der Waals surface area contributed by atoms with Gasteiger partial charge in [-0.15, -0.1) is 0 Å². The molecule has 102 valence electrons. The van der Waals surface area contributed by atoms with Gasteiger partial charge in [0.25, 0.3) is 5.91 Å². The normalized spacial score (nSPS) is 13.8. The van der Waals surface area contributed by atoms with Gasteiger partial charge < -0.3 is 4.90 Å². The van der Waals surface area contributed by atoms with Crippen LogP contribution in [-0.2, 0) is 0 Å². The molecule has 2 aromatic rings. The Hall–Kier alpha value is -1.72. The van der Waals surface area contributed by atoms with Crippen LogP contribution in [0.1, 0.15) is 10.4 Å². The third-order valence-electron chi connectivity index (χ3n) is 3.25. The van der Waals surface area contributed by atoms with Crippen LogP contribution in [-0.4, -0.2) is 24.2 Å². The molecule has 0 radical (unpaired) electrons. The Kier molecular flexibility index (Phi) is 3.31. The Morgan fingerprint density at radius 2 is 1.95 bits per heavy atom. The molecule has 0 atom stereocenters. The average molecular weight is 306 g/mol. The molecule has 0 saturated carbocycles. The minimum atomic E-state index is -0.0532. The third kappa shape index (κ3) is 1.94. The zero-order valence-corrected chi connectivity index (χ0v) is 12.6. The van der Waals surface area contributed by atoms with Gasteiger partial charge in [-0.1, -0.05) is 23.7 Å². The second-order valence-electron chi connectivity index (χ2n) is 4.35. The van der Waals surface area contributed by atoms with Crippen molar-refractivity contribution in [1.29, 1.82) is 0 Å². The van der Waals surface area contributed by atoms with Gasteiger partial charge in [-0.25, -0.2) is 4.98 Å². The molecule has 20 heavy (non-hydrogen) atoms. The number of hydrogen-bond acceptors (Lipinski definition) is 4. The van der Waals surface area contributed by atoms with Crippen LogP contribution >= 0.6 is 23.5 Å². The lowest BCUT2D eigenvalue weighted by molar-refractivity contribution is 0.0994. The summed E-state index contributed by atoms with van der Waals surface area (Å²) in [6.45, 7) is 0. The highest BCUT2D eigenvalue weighted by Gasteiger charge is 2.29. The lowest BCUT2D eigenvalue weighted by Crippen LogP contribution is -2.25. The van der Waals surface area contributed by atoms with E-state index in [4.69, 9.17) is 11.6 Å². The fourth-order valence-corrected chi connectivity index (χ4v) is 3.13. The van der Waals surface area contributed by atoms with Crippen LogP contribution in [0.2, 0.25) is 5.15 Å². The van der Waals surface area contributed by atoms with Crippen molar-refractivity contribution in [3.63, 3.8) is 0 Å². The van der Waals surface area contributed by atoms with Crippen LogP contribution in [0.5, 0.6) is 0 Å². The van der Waals surface area contributed by atoms with Crippen molar-refractivity contribution in [2.45, 2.75) is 0 Å². The van der Waals surface area contributed by atoms with E-state index in [9.17, 15) is 4.79 Å². The molecular formula is C14H12ClN3OS. The summed E-state index contributed by atoms with van der Waals surface area (Å²) >= 11 is 7.54. The predicted molar refractivity (Wildman–Crippen MR) is 84.1 cm³/mol. The Labute approximate surface area is 126 Å². The molecule has 0 unspecified atom stereocenters. The standard InChI is InChI=1S/C14H12ClN3OS/c1-17-12-8-16-13(15)7-11(12)18(20-2)10-6-4-3-5-9(10)14(17)19/h3-8H,1-2H3. The number of nitrogens with zero attached hydrogens (tertiary/aromatic N) is 3. The Morgan fingerprint density at radius 1 is 1.20 bits per heavy atom. The van der Waals surface area contributed by atoms with Gasteiger partial charge >= 0.3 is 0 Å². The van der Waals surface area contributed by atoms with Gasteiger partial charge in [-0.3, -0.25) is 9.10 Å². The number of carbonyl (C=O) groups excluding carboxylic acids is 1. The summed E-state index contributed by atoms with van der Waals surface area (Å²) in [6, 6.07) is 9.33. The quantitative estimate of drug-likeness (QED) is 0.594. The van der Waals surface area contributed by atoms with Gasteiger partial charge in [0, 0.05) is 19.4 Å². The average Bonchev–Trinajstić information content (AvgIpc) is 2.55. The molecule has 1 aliphatic rings. The number of carbonyl (C=O) groups is 1. The van der Waals surface area contributed by atoms with Gasteiger partial charge in [0.1, 0.15) is 5.15 Å². The number of anilines is 3. The number of aromatic nitrogens is 1. The summed E-state index contributed by atoms with van der Waals surface area (Å²) in [5.41, 5.74) is 3.12. The topological polar surface area (TPSA) is 36.4 Å². The molecule has 0 fully saturated rings. The molecule has 0 N–H and O–H groups in total. The molecule has 1 amide bonds. The molecule has 1 aromatic heterocycles. The Morgan fingerprint density at radius 3 is 2.70 bits per heavy atom. The minimum absolute atomic E-state index is 0.0532. The summed E-state index contributed by atoms with van der Waals surface area (Å²) in [6.07, 6.45) is 3.59.